The van der Waals surface area contributed by atoms with Gasteiger partial charge in [-0.1, -0.05) is 23.5 Å². The Morgan fingerprint density at radius 2 is 2.05 bits per heavy atom. The van der Waals surface area contributed by atoms with Crippen molar-refractivity contribution in [3.05, 3.63) is 41.2 Å². The number of carbonyl (C=O) groups is 1. The second-order valence-corrected chi connectivity index (χ2v) is 6.03. The molecule has 2 aromatic heterocycles. The van der Waals surface area contributed by atoms with E-state index in [1.54, 1.807) is 22.9 Å². The van der Waals surface area contributed by atoms with Gasteiger partial charge < -0.3 is 5.11 Å². The number of rotatable bonds is 3. The summed E-state index contributed by atoms with van der Waals surface area (Å²) in [5, 5.41) is 14.5. The third-order valence-electron chi connectivity index (χ3n) is 3.61. The second-order valence-electron chi connectivity index (χ2n) is 5.02. The van der Waals surface area contributed by atoms with Gasteiger partial charge in [0, 0.05) is 11.3 Å². The van der Waals surface area contributed by atoms with E-state index in [0.29, 0.717) is 0 Å². The van der Waals surface area contributed by atoms with Crippen molar-refractivity contribution in [1.82, 2.24) is 14.8 Å². The lowest BCUT2D eigenvalue weighted by molar-refractivity contribution is -0.138. The lowest BCUT2D eigenvalue weighted by Crippen LogP contribution is -2.09. The number of carboxylic acid groups (broad SMARTS) is 1. The lowest BCUT2D eigenvalue weighted by Gasteiger charge is -2.06. The van der Waals surface area contributed by atoms with Crippen LogP contribution in [0, 0.1) is 13.8 Å². The number of aromatic nitrogens is 3. The number of hydrogen-bond donors (Lipinski definition) is 1. The molecule has 1 unspecified atom stereocenters. The standard InChI is InChI=1S/C15H15N3O2S/c1-8(14(19)20)13-9(2)17-18(10(13)3)15-16-11-6-4-5-7-12(11)21-15/h4-8H,1-3H3,(H,19,20). The van der Waals surface area contributed by atoms with Gasteiger partial charge in [-0.2, -0.15) is 5.10 Å². The molecule has 2 heterocycles. The summed E-state index contributed by atoms with van der Waals surface area (Å²) in [5.41, 5.74) is 3.27. The maximum atomic E-state index is 11.2. The Bertz CT molecular complexity index is 802. The molecule has 1 aromatic carbocycles. The highest BCUT2D eigenvalue weighted by molar-refractivity contribution is 7.20. The molecule has 1 atom stereocenters. The van der Waals surface area contributed by atoms with Crippen molar-refractivity contribution in [2.45, 2.75) is 26.7 Å². The molecule has 0 aliphatic carbocycles. The fourth-order valence-electron chi connectivity index (χ4n) is 2.54. The third-order valence-corrected chi connectivity index (χ3v) is 4.63. The molecular formula is C15H15N3O2S. The molecule has 6 heteroatoms. The molecule has 0 saturated carbocycles. The fourth-order valence-corrected chi connectivity index (χ4v) is 3.51. The van der Waals surface area contributed by atoms with E-state index in [4.69, 9.17) is 0 Å². The minimum Gasteiger partial charge on any atom is -0.481 e. The van der Waals surface area contributed by atoms with Crippen LogP contribution in [0.2, 0.25) is 0 Å². The summed E-state index contributed by atoms with van der Waals surface area (Å²) in [6, 6.07) is 7.90. The summed E-state index contributed by atoms with van der Waals surface area (Å²) in [6.07, 6.45) is 0. The van der Waals surface area contributed by atoms with Crippen LogP contribution in [0.3, 0.4) is 0 Å². The molecule has 3 aromatic rings. The number of fused-ring (bicyclic) bond motifs is 1. The molecular weight excluding hydrogens is 286 g/mol. The predicted molar refractivity (Wildman–Crippen MR) is 82.3 cm³/mol. The molecule has 0 radical (unpaired) electrons. The normalized spacial score (nSPS) is 12.7. The van der Waals surface area contributed by atoms with Crippen molar-refractivity contribution in [2.75, 3.05) is 0 Å². The van der Waals surface area contributed by atoms with Gasteiger partial charge in [-0.3, -0.25) is 4.79 Å². The summed E-state index contributed by atoms with van der Waals surface area (Å²) in [5.74, 6) is -1.42. The Morgan fingerprint density at radius 1 is 1.33 bits per heavy atom. The summed E-state index contributed by atoms with van der Waals surface area (Å²) in [6.45, 7) is 5.41. The van der Waals surface area contributed by atoms with Crippen LogP contribution < -0.4 is 0 Å². The number of nitrogens with zero attached hydrogens (tertiary/aromatic N) is 3. The highest BCUT2D eigenvalue weighted by Crippen LogP contribution is 2.29. The minimum atomic E-state index is -0.843. The topological polar surface area (TPSA) is 68.0 Å². The molecule has 0 bridgehead atoms. The van der Waals surface area contributed by atoms with Gasteiger partial charge in [-0.25, -0.2) is 9.67 Å². The maximum Gasteiger partial charge on any atom is 0.310 e. The maximum absolute atomic E-state index is 11.2. The van der Waals surface area contributed by atoms with Crippen LogP contribution in [0.25, 0.3) is 15.3 Å². The van der Waals surface area contributed by atoms with Crippen molar-refractivity contribution in [3.8, 4) is 5.13 Å². The van der Waals surface area contributed by atoms with Crippen LogP contribution in [0.1, 0.15) is 29.8 Å². The van der Waals surface area contributed by atoms with E-state index in [2.05, 4.69) is 10.1 Å². The first-order valence-electron chi connectivity index (χ1n) is 6.64. The number of hydrogen-bond acceptors (Lipinski definition) is 4. The Morgan fingerprint density at radius 3 is 2.71 bits per heavy atom. The largest absolute Gasteiger partial charge is 0.481 e. The Hall–Kier alpha value is -2.21. The first kappa shape index (κ1) is 13.8. The van der Waals surface area contributed by atoms with Crippen molar-refractivity contribution < 1.29 is 9.90 Å². The van der Waals surface area contributed by atoms with Gasteiger partial charge in [0.2, 0.25) is 5.13 Å². The monoisotopic (exact) mass is 301 g/mol. The second kappa shape index (κ2) is 4.96. The predicted octanol–water partition coefficient (Wildman–Crippen LogP) is 3.29. The van der Waals surface area contributed by atoms with Crippen molar-refractivity contribution in [1.29, 1.82) is 0 Å². The van der Waals surface area contributed by atoms with Crippen molar-refractivity contribution in [3.63, 3.8) is 0 Å². The van der Waals surface area contributed by atoms with Crippen LogP contribution >= 0.6 is 11.3 Å². The summed E-state index contributed by atoms with van der Waals surface area (Å²) in [4.78, 5) is 15.8. The average Bonchev–Trinajstić information content (AvgIpc) is 2.99. The van der Waals surface area contributed by atoms with Crippen molar-refractivity contribution >= 4 is 27.5 Å². The Balaban J connectivity index is 2.15. The van der Waals surface area contributed by atoms with E-state index in [1.165, 1.54) is 0 Å². The molecule has 0 amide bonds. The molecule has 0 spiro atoms. The van der Waals surface area contributed by atoms with Crippen LogP contribution in [0.5, 0.6) is 0 Å². The highest BCUT2D eigenvalue weighted by atomic mass is 32.1. The van der Waals surface area contributed by atoms with E-state index in [-0.39, 0.29) is 0 Å². The summed E-state index contributed by atoms with van der Waals surface area (Å²) >= 11 is 1.55. The van der Waals surface area contributed by atoms with E-state index in [9.17, 15) is 9.90 Å². The van der Waals surface area contributed by atoms with Gasteiger partial charge in [0.1, 0.15) is 0 Å². The molecule has 1 N–H and O–H groups in total. The number of aliphatic carboxylic acids is 1. The first-order chi connectivity index (χ1) is 9.99. The van der Waals surface area contributed by atoms with Gasteiger partial charge in [0.05, 0.1) is 21.8 Å². The fraction of sp³-hybridized carbons (Fsp3) is 0.267. The molecule has 0 aliphatic heterocycles. The molecule has 5 nitrogen and oxygen atoms in total. The average molecular weight is 301 g/mol. The zero-order chi connectivity index (χ0) is 15.1. The van der Waals surface area contributed by atoms with Gasteiger partial charge in [0.25, 0.3) is 0 Å². The number of thiazole rings is 1. The van der Waals surface area contributed by atoms with Gasteiger partial charge in [-0.05, 0) is 32.9 Å². The summed E-state index contributed by atoms with van der Waals surface area (Å²) < 4.78 is 2.84. The van der Waals surface area contributed by atoms with Crippen molar-refractivity contribution in [2.24, 2.45) is 0 Å². The minimum absolute atomic E-state index is 0.576. The van der Waals surface area contributed by atoms with Crippen LogP contribution in [0.15, 0.2) is 24.3 Å². The number of para-hydroxylation sites is 1. The quantitative estimate of drug-likeness (QED) is 0.806. The zero-order valence-corrected chi connectivity index (χ0v) is 12.8. The molecule has 21 heavy (non-hydrogen) atoms. The van der Waals surface area contributed by atoms with Crippen LogP contribution in [0.4, 0.5) is 0 Å². The highest BCUT2D eigenvalue weighted by Gasteiger charge is 2.24. The van der Waals surface area contributed by atoms with Crippen LogP contribution in [-0.4, -0.2) is 25.8 Å². The summed E-state index contributed by atoms with van der Waals surface area (Å²) in [7, 11) is 0. The van der Waals surface area contributed by atoms with Gasteiger partial charge in [-0.15, -0.1) is 0 Å². The first-order valence-corrected chi connectivity index (χ1v) is 7.45. The van der Waals surface area contributed by atoms with Gasteiger partial charge >= 0.3 is 5.97 Å². The molecule has 0 aliphatic rings. The Labute approximate surface area is 125 Å². The number of carboxylic acids is 1. The molecule has 0 fully saturated rings. The third kappa shape index (κ3) is 2.21. The Kier molecular flexibility index (Phi) is 3.25. The van der Waals surface area contributed by atoms with Crippen LogP contribution in [-0.2, 0) is 4.79 Å². The number of benzene rings is 1. The lowest BCUT2D eigenvalue weighted by atomic mass is 10.00. The molecule has 3 rings (SSSR count). The van der Waals surface area contributed by atoms with E-state index in [1.807, 2.05) is 38.1 Å². The van der Waals surface area contributed by atoms with E-state index in [0.717, 1.165) is 32.3 Å². The van der Waals surface area contributed by atoms with Gasteiger partial charge in [0.15, 0.2) is 0 Å². The van der Waals surface area contributed by atoms with E-state index >= 15 is 0 Å². The number of aryl methyl sites for hydroxylation is 1. The zero-order valence-electron chi connectivity index (χ0n) is 12.0. The SMILES string of the molecule is Cc1nn(-c2nc3ccccc3s2)c(C)c1C(C)C(=O)O. The van der Waals surface area contributed by atoms with E-state index < -0.39 is 11.9 Å². The smallest absolute Gasteiger partial charge is 0.310 e. The molecule has 0 saturated heterocycles. The molecule has 108 valence electrons.